The average molecular weight is 365 g/mol. The van der Waals surface area contributed by atoms with Gasteiger partial charge in [0.05, 0.1) is 0 Å². The van der Waals surface area contributed by atoms with Crippen molar-refractivity contribution in [3.05, 3.63) is 59.2 Å². The van der Waals surface area contributed by atoms with Gasteiger partial charge in [0.15, 0.2) is 0 Å². The average Bonchev–Trinajstić information content (AvgIpc) is 2.82. The lowest BCUT2D eigenvalue weighted by atomic mass is 10.1. The van der Waals surface area contributed by atoms with Gasteiger partial charge in [0.25, 0.3) is 5.91 Å². The van der Waals surface area contributed by atoms with E-state index in [1.165, 1.54) is 4.90 Å². The normalized spacial score (nSPS) is 16.8. The largest absolute Gasteiger partial charge is 0.332 e. The lowest BCUT2D eigenvalue weighted by Gasteiger charge is -2.19. The van der Waals surface area contributed by atoms with Crippen molar-refractivity contribution < 1.29 is 14.4 Å². The molecule has 2 aromatic rings. The van der Waals surface area contributed by atoms with Crippen LogP contribution in [0.4, 0.5) is 16.2 Å². The molecule has 1 aliphatic rings. The molecule has 1 fully saturated rings. The van der Waals surface area contributed by atoms with E-state index in [1.54, 1.807) is 19.1 Å². The molecule has 0 radical (unpaired) electrons. The topological polar surface area (TPSA) is 69.7 Å². The Bertz CT molecular complexity index is 905. The molecule has 27 heavy (non-hydrogen) atoms. The smallest absolute Gasteiger partial charge is 0.324 e. The second kappa shape index (κ2) is 7.23. The number of hydrogen-bond acceptors (Lipinski definition) is 3. The van der Waals surface area contributed by atoms with Crippen molar-refractivity contribution in [2.75, 3.05) is 16.8 Å². The van der Waals surface area contributed by atoms with Gasteiger partial charge in [-0.1, -0.05) is 35.4 Å². The van der Waals surface area contributed by atoms with Gasteiger partial charge in [-0.2, -0.15) is 0 Å². The number of amides is 4. The molecule has 0 aromatic heterocycles. The van der Waals surface area contributed by atoms with Crippen LogP contribution in [0.25, 0.3) is 0 Å². The molecule has 6 nitrogen and oxygen atoms in total. The minimum atomic E-state index is -0.644. The summed E-state index contributed by atoms with van der Waals surface area (Å²) in [6, 6.07) is 11.9. The third-order valence-electron chi connectivity index (χ3n) is 4.72. The van der Waals surface area contributed by atoms with Crippen LogP contribution in [0.2, 0.25) is 0 Å². The maximum absolute atomic E-state index is 12.8. The molecule has 0 aliphatic carbocycles. The van der Waals surface area contributed by atoms with Gasteiger partial charge in [-0.25, -0.2) is 4.79 Å². The maximum atomic E-state index is 12.8. The fourth-order valence-electron chi connectivity index (χ4n) is 3.20. The Balaban J connectivity index is 1.74. The van der Waals surface area contributed by atoms with Gasteiger partial charge in [-0.3, -0.25) is 19.4 Å². The number of benzene rings is 2. The molecule has 140 valence electrons. The molecule has 3 rings (SSSR count). The highest BCUT2D eigenvalue weighted by molar-refractivity contribution is 6.16. The molecule has 6 heteroatoms. The molecule has 1 saturated heterocycles. The fourth-order valence-corrected chi connectivity index (χ4v) is 3.20. The first-order valence-electron chi connectivity index (χ1n) is 8.86. The molecule has 1 aliphatic heterocycles. The first-order valence-corrected chi connectivity index (χ1v) is 8.86. The Hall–Kier alpha value is -3.15. The zero-order chi connectivity index (χ0) is 19.7. The Kier molecular flexibility index (Phi) is 4.99. The summed E-state index contributed by atoms with van der Waals surface area (Å²) < 4.78 is 0. The fraction of sp³-hybridized carbons (Fsp3) is 0.286. The molecular formula is C21H23N3O3. The van der Waals surface area contributed by atoms with Gasteiger partial charge >= 0.3 is 6.03 Å². The van der Waals surface area contributed by atoms with Crippen LogP contribution in [0.5, 0.6) is 0 Å². The molecule has 2 aromatic carbocycles. The maximum Gasteiger partial charge on any atom is 0.332 e. The van der Waals surface area contributed by atoms with Crippen LogP contribution in [-0.4, -0.2) is 35.3 Å². The third-order valence-corrected chi connectivity index (χ3v) is 4.72. The summed E-state index contributed by atoms with van der Waals surface area (Å²) in [4.78, 5) is 40.2. The second-order valence-corrected chi connectivity index (χ2v) is 6.96. The van der Waals surface area contributed by atoms with Gasteiger partial charge in [-0.15, -0.1) is 0 Å². The van der Waals surface area contributed by atoms with E-state index in [2.05, 4.69) is 5.32 Å². The Morgan fingerprint density at radius 2 is 1.63 bits per heavy atom. The summed E-state index contributed by atoms with van der Waals surface area (Å²) in [7, 11) is 0. The molecule has 4 amide bonds. The lowest BCUT2D eigenvalue weighted by molar-refractivity contribution is -0.130. The highest BCUT2D eigenvalue weighted by Gasteiger charge is 2.44. The number of urea groups is 1. The van der Waals surface area contributed by atoms with Crippen LogP contribution in [0.15, 0.2) is 42.5 Å². The van der Waals surface area contributed by atoms with Crippen LogP contribution in [-0.2, 0) is 9.59 Å². The van der Waals surface area contributed by atoms with E-state index in [1.807, 2.05) is 51.1 Å². The van der Waals surface area contributed by atoms with Crippen LogP contribution in [0.1, 0.15) is 23.6 Å². The number of imide groups is 1. The first-order chi connectivity index (χ1) is 12.8. The SMILES string of the molecule is Cc1ccc(N2C(=O)N(CC(=O)Nc3ccc(C)cc3C)C(=O)[C@H]2C)cc1. The van der Waals surface area contributed by atoms with Crippen LogP contribution < -0.4 is 10.2 Å². The Labute approximate surface area is 158 Å². The minimum absolute atomic E-state index is 0.308. The van der Waals surface area contributed by atoms with Crippen LogP contribution in [0, 0.1) is 20.8 Å². The molecule has 0 spiro atoms. The van der Waals surface area contributed by atoms with Gasteiger partial charge in [0.1, 0.15) is 12.6 Å². The van der Waals surface area contributed by atoms with Crippen molar-refractivity contribution >= 4 is 29.2 Å². The number of nitrogens with zero attached hydrogens (tertiary/aromatic N) is 2. The third kappa shape index (κ3) is 3.69. The van der Waals surface area contributed by atoms with E-state index in [0.717, 1.165) is 21.6 Å². The van der Waals surface area contributed by atoms with Crippen molar-refractivity contribution in [3.8, 4) is 0 Å². The predicted octanol–water partition coefficient (Wildman–Crippen LogP) is 3.41. The Morgan fingerprint density at radius 3 is 2.26 bits per heavy atom. The van der Waals surface area contributed by atoms with E-state index in [0.29, 0.717) is 11.4 Å². The second-order valence-electron chi connectivity index (χ2n) is 6.96. The quantitative estimate of drug-likeness (QED) is 0.844. The standard InChI is InChI=1S/C21H23N3O3/c1-13-5-8-17(9-6-13)24-16(4)20(26)23(21(24)27)12-19(25)22-18-10-7-14(2)11-15(18)3/h5-11,16H,12H2,1-4H3,(H,22,25)/t16-/m1/s1. The monoisotopic (exact) mass is 365 g/mol. The highest BCUT2D eigenvalue weighted by Crippen LogP contribution is 2.26. The van der Waals surface area contributed by atoms with Crippen molar-refractivity contribution in [2.45, 2.75) is 33.7 Å². The Morgan fingerprint density at radius 1 is 1.00 bits per heavy atom. The summed E-state index contributed by atoms with van der Waals surface area (Å²) in [6.45, 7) is 7.19. The number of carbonyl (C=O) groups excluding carboxylic acids is 3. The van der Waals surface area contributed by atoms with Gasteiger partial charge in [-0.05, 0) is 51.5 Å². The summed E-state index contributed by atoms with van der Waals surface area (Å²) in [5.74, 6) is -0.780. The number of aryl methyl sites for hydroxylation is 3. The molecular weight excluding hydrogens is 342 g/mol. The number of hydrogen-bond donors (Lipinski definition) is 1. The van der Waals surface area contributed by atoms with Crippen molar-refractivity contribution in [3.63, 3.8) is 0 Å². The predicted molar refractivity (Wildman–Crippen MR) is 105 cm³/mol. The molecule has 0 bridgehead atoms. The van der Waals surface area contributed by atoms with Gasteiger partial charge in [0.2, 0.25) is 5.91 Å². The summed E-state index contributed by atoms with van der Waals surface area (Å²) in [5, 5.41) is 2.78. The number of carbonyl (C=O) groups is 3. The van der Waals surface area contributed by atoms with Gasteiger partial charge < -0.3 is 5.32 Å². The summed E-state index contributed by atoms with van der Waals surface area (Å²) in [6.07, 6.45) is 0. The summed E-state index contributed by atoms with van der Waals surface area (Å²) >= 11 is 0. The van der Waals surface area contributed by atoms with E-state index in [4.69, 9.17) is 0 Å². The zero-order valence-corrected chi connectivity index (χ0v) is 15.9. The minimum Gasteiger partial charge on any atom is -0.324 e. The van der Waals surface area contributed by atoms with E-state index in [9.17, 15) is 14.4 Å². The van der Waals surface area contributed by atoms with E-state index < -0.39 is 18.0 Å². The molecule has 1 atom stereocenters. The van der Waals surface area contributed by atoms with Crippen molar-refractivity contribution in [1.82, 2.24) is 4.90 Å². The molecule has 0 saturated carbocycles. The van der Waals surface area contributed by atoms with Gasteiger partial charge in [0, 0.05) is 11.4 Å². The number of anilines is 2. The lowest BCUT2D eigenvalue weighted by Crippen LogP contribution is -2.39. The molecule has 0 unspecified atom stereocenters. The number of rotatable bonds is 4. The number of nitrogens with one attached hydrogen (secondary N) is 1. The van der Waals surface area contributed by atoms with E-state index in [-0.39, 0.29) is 12.5 Å². The highest BCUT2D eigenvalue weighted by atomic mass is 16.2. The molecule has 1 heterocycles. The van der Waals surface area contributed by atoms with Crippen LogP contribution >= 0.6 is 0 Å². The summed E-state index contributed by atoms with van der Waals surface area (Å²) in [5.41, 5.74) is 4.40. The van der Waals surface area contributed by atoms with E-state index >= 15 is 0 Å². The zero-order valence-electron chi connectivity index (χ0n) is 15.9. The first kappa shape index (κ1) is 18.6. The van der Waals surface area contributed by atoms with Crippen molar-refractivity contribution in [2.24, 2.45) is 0 Å². The van der Waals surface area contributed by atoms with Crippen LogP contribution in [0.3, 0.4) is 0 Å². The van der Waals surface area contributed by atoms with Crippen molar-refractivity contribution in [1.29, 1.82) is 0 Å². The molecule has 1 N–H and O–H groups in total.